The minimum Gasteiger partial charge on any atom is -0.508 e. The Labute approximate surface area is 132 Å². The molecule has 0 aliphatic heterocycles. The Morgan fingerprint density at radius 1 is 1.18 bits per heavy atom. The van der Waals surface area contributed by atoms with Gasteiger partial charge in [0.25, 0.3) is 0 Å². The fourth-order valence-corrected chi connectivity index (χ4v) is 5.08. The first-order valence-corrected chi connectivity index (χ1v) is 8.72. The van der Waals surface area contributed by atoms with Gasteiger partial charge in [0.05, 0.1) is 0 Å². The maximum Gasteiger partial charge on any atom is 0.134 e. The number of furan rings is 1. The molecule has 0 amide bonds. The van der Waals surface area contributed by atoms with Crippen LogP contribution in [0.3, 0.4) is 0 Å². The van der Waals surface area contributed by atoms with Crippen molar-refractivity contribution in [2.45, 2.75) is 64.7 Å². The van der Waals surface area contributed by atoms with Gasteiger partial charge >= 0.3 is 0 Å². The number of benzene rings is 1. The Balaban J connectivity index is 1.95. The van der Waals surface area contributed by atoms with Crippen molar-refractivity contribution < 1.29 is 9.52 Å². The largest absolute Gasteiger partial charge is 0.508 e. The van der Waals surface area contributed by atoms with Crippen molar-refractivity contribution in [3.8, 4) is 5.75 Å². The van der Waals surface area contributed by atoms with Crippen LogP contribution in [0.4, 0.5) is 0 Å². The molecule has 2 heteroatoms. The number of aromatic hydroxyl groups is 1. The van der Waals surface area contributed by atoms with E-state index in [1.165, 1.54) is 43.4 Å². The van der Waals surface area contributed by atoms with Gasteiger partial charge < -0.3 is 9.52 Å². The predicted molar refractivity (Wildman–Crippen MR) is 89.4 cm³/mol. The van der Waals surface area contributed by atoms with Gasteiger partial charge in [0.2, 0.25) is 0 Å². The van der Waals surface area contributed by atoms with Crippen molar-refractivity contribution in [3.63, 3.8) is 0 Å². The van der Waals surface area contributed by atoms with Crippen LogP contribution in [0.15, 0.2) is 22.6 Å². The standard InChI is InChI=1S/C20H26O2/c1-12-6-8-16-14(5-4-10-20(16,2)3)18-15-11-13(21)7-9-17(15)22-19(12)18/h7,9,11-12,14,16,21H,4-6,8,10H2,1-3H3/t12-,14?,16?/m1/s1. The number of fused-ring (bicyclic) bond motifs is 5. The van der Waals surface area contributed by atoms with Crippen LogP contribution < -0.4 is 0 Å². The Bertz CT molecular complexity index is 710. The van der Waals surface area contributed by atoms with Gasteiger partial charge in [0, 0.05) is 16.9 Å². The molecule has 2 nitrogen and oxygen atoms in total. The molecule has 1 heterocycles. The van der Waals surface area contributed by atoms with Crippen LogP contribution in [0.25, 0.3) is 11.0 Å². The minimum absolute atomic E-state index is 0.347. The van der Waals surface area contributed by atoms with Gasteiger partial charge in [0.1, 0.15) is 17.1 Å². The monoisotopic (exact) mass is 298 g/mol. The van der Waals surface area contributed by atoms with Gasteiger partial charge in [-0.05, 0) is 61.1 Å². The van der Waals surface area contributed by atoms with E-state index in [-0.39, 0.29) is 0 Å². The fraction of sp³-hybridized carbons (Fsp3) is 0.600. The lowest BCUT2D eigenvalue weighted by molar-refractivity contribution is 0.105. The predicted octanol–water partition coefficient (Wildman–Crippen LogP) is 5.95. The molecule has 2 aromatic rings. The smallest absolute Gasteiger partial charge is 0.134 e. The number of hydrogen-bond donors (Lipinski definition) is 1. The summed E-state index contributed by atoms with van der Waals surface area (Å²) in [7, 11) is 0. The SMILES string of the molecule is C[C@@H]1CCC2C(CCCC2(C)C)c2c1oc1ccc(O)cc21. The maximum atomic E-state index is 9.94. The molecule has 1 fully saturated rings. The highest BCUT2D eigenvalue weighted by Gasteiger charge is 2.43. The molecular formula is C20H26O2. The fourth-order valence-electron chi connectivity index (χ4n) is 5.08. The zero-order chi connectivity index (χ0) is 15.5. The average molecular weight is 298 g/mol. The molecule has 1 N–H and O–H groups in total. The zero-order valence-corrected chi connectivity index (χ0v) is 13.9. The molecule has 22 heavy (non-hydrogen) atoms. The molecule has 2 aliphatic carbocycles. The Hall–Kier alpha value is -1.44. The van der Waals surface area contributed by atoms with Crippen molar-refractivity contribution in [3.05, 3.63) is 29.5 Å². The zero-order valence-electron chi connectivity index (χ0n) is 13.9. The van der Waals surface area contributed by atoms with Crippen LogP contribution in [-0.4, -0.2) is 5.11 Å². The van der Waals surface area contributed by atoms with Gasteiger partial charge in [-0.15, -0.1) is 0 Å². The number of rotatable bonds is 0. The molecule has 0 bridgehead atoms. The molecule has 3 atom stereocenters. The third-order valence-electron chi connectivity index (χ3n) is 6.29. The molecule has 2 unspecified atom stereocenters. The van der Waals surface area contributed by atoms with Crippen LogP contribution in [0.2, 0.25) is 0 Å². The van der Waals surface area contributed by atoms with E-state index in [2.05, 4.69) is 20.8 Å². The Kier molecular flexibility index (Phi) is 3.08. The summed E-state index contributed by atoms with van der Waals surface area (Å²) in [6.45, 7) is 7.18. The average Bonchev–Trinajstić information content (AvgIpc) is 2.76. The summed E-state index contributed by atoms with van der Waals surface area (Å²) in [6, 6.07) is 5.57. The molecule has 118 valence electrons. The molecule has 0 radical (unpaired) electrons. The van der Waals surface area contributed by atoms with E-state index in [4.69, 9.17) is 4.42 Å². The first-order chi connectivity index (χ1) is 10.5. The van der Waals surface area contributed by atoms with Crippen molar-refractivity contribution in [2.24, 2.45) is 11.3 Å². The highest BCUT2D eigenvalue weighted by Crippen LogP contribution is 2.56. The molecule has 1 aromatic carbocycles. The van der Waals surface area contributed by atoms with Crippen LogP contribution in [0, 0.1) is 11.3 Å². The van der Waals surface area contributed by atoms with Gasteiger partial charge in [-0.3, -0.25) is 0 Å². The quantitative estimate of drug-likeness (QED) is 0.652. The van der Waals surface area contributed by atoms with Crippen LogP contribution in [0.1, 0.15) is 76.0 Å². The normalized spacial score (nSPS) is 30.6. The van der Waals surface area contributed by atoms with Crippen molar-refractivity contribution >= 4 is 11.0 Å². The van der Waals surface area contributed by atoms with E-state index in [0.29, 0.717) is 23.0 Å². The summed E-state index contributed by atoms with van der Waals surface area (Å²) >= 11 is 0. The van der Waals surface area contributed by atoms with Crippen molar-refractivity contribution in [1.29, 1.82) is 0 Å². The lowest BCUT2D eigenvalue weighted by Gasteiger charge is -2.43. The van der Waals surface area contributed by atoms with E-state index in [1.807, 2.05) is 12.1 Å². The topological polar surface area (TPSA) is 33.4 Å². The highest BCUT2D eigenvalue weighted by atomic mass is 16.3. The van der Waals surface area contributed by atoms with Gasteiger partial charge in [-0.25, -0.2) is 0 Å². The van der Waals surface area contributed by atoms with Gasteiger partial charge in [-0.2, -0.15) is 0 Å². The van der Waals surface area contributed by atoms with Gasteiger partial charge in [0.15, 0.2) is 0 Å². The summed E-state index contributed by atoms with van der Waals surface area (Å²) in [5, 5.41) is 11.1. The number of phenolic OH excluding ortho intramolecular Hbond substituents is 1. The van der Waals surface area contributed by atoms with Crippen LogP contribution in [-0.2, 0) is 0 Å². The summed E-state index contributed by atoms with van der Waals surface area (Å²) in [5.41, 5.74) is 2.76. The van der Waals surface area contributed by atoms with Crippen LogP contribution in [0.5, 0.6) is 5.75 Å². The van der Waals surface area contributed by atoms with E-state index in [9.17, 15) is 5.11 Å². The Morgan fingerprint density at radius 3 is 2.82 bits per heavy atom. The molecule has 1 saturated carbocycles. The van der Waals surface area contributed by atoms with E-state index in [1.54, 1.807) is 6.07 Å². The van der Waals surface area contributed by atoms with E-state index < -0.39 is 0 Å². The molecule has 2 aliphatic rings. The van der Waals surface area contributed by atoms with E-state index >= 15 is 0 Å². The second-order valence-electron chi connectivity index (χ2n) is 8.13. The van der Waals surface area contributed by atoms with E-state index in [0.717, 1.165) is 16.9 Å². The summed E-state index contributed by atoms with van der Waals surface area (Å²) in [6.07, 6.45) is 6.40. The maximum absolute atomic E-state index is 9.94. The van der Waals surface area contributed by atoms with Gasteiger partial charge in [-0.1, -0.05) is 27.2 Å². The third kappa shape index (κ3) is 2.00. The lowest BCUT2D eigenvalue weighted by atomic mass is 9.61. The minimum atomic E-state index is 0.347. The second-order valence-corrected chi connectivity index (χ2v) is 8.13. The summed E-state index contributed by atoms with van der Waals surface area (Å²) < 4.78 is 6.24. The molecule has 1 aromatic heterocycles. The first kappa shape index (κ1) is 14.2. The Morgan fingerprint density at radius 2 is 2.00 bits per heavy atom. The molecular weight excluding hydrogens is 272 g/mol. The third-order valence-corrected chi connectivity index (χ3v) is 6.29. The highest BCUT2D eigenvalue weighted by molar-refractivity contribution is 5.84. The first-order valence-electron chi connectivity index (χ1n) is 8.72. The molecule has 4 rings (SSSR count). The van der Waals surface area contributed by atoms with Crippen molar-refractivity contribution in [1.82, 2.24) is 0 Å². The molecule has 0 saturated heterocycles. The van der Waals surface area contributed by atoms with Crippen molar-refractivity contribution in [2.75, 3.05) is 0 Å². The molecule has 0 spiro atoms. The lowest BCUT2D eigenvalue weighted by Crippen LogP contribution is -2.33. The number of hydrogen-bond acceptors (Lipinski definition) is 2. The number of phenols is 1. The van der Waals surface area contributed by atoms with Crippen LogP contribution >= 0.6 is 0 Å². The second kappa shape index (κ2) is 4.78. The summed E-state index contributed by atoms with van der Waals surface area (Å²) in [5.74, 6) is 3.33. The summed E-state index contributed by atoms with van der Waals surface area (Å²) in [4.78, 5) is 0.